The normalized spacial score (nSPS) is 9.14. The second kappa shape index (κ2) is 4.28. The first-order valence-electron chi connectivity index (χ1n) is 4.15. The smallest absolute Gasteiger partial charge is 0.270 e. The van der Waals surface area contributed by atoms with Crippen LogP contribution in [0, 0.1) is 11.3 Å². The molecular formula is C10H11N3O. The van der Waals surface area contributed by atoms with Crippen LogP contribution < -0.4 is 10.9 Å². The van der Waals surface area contributed by atoms with Gasteiger partial charge in [-0.25, -0.2) is 0 Å². The van der Waals surface area contributed by atoms with E-state index in [9.17, 15) is 4.79 Å². The Bertz CT molecular complexity index is 440. The summed E-state index contributed by atoms with van der Waals surface area (Å²) in [5, 5.41) is 11.7. The Balaban J connectivity index is 3.19. The van der Waals surface area contributed by atoms with Crippen LogP contribution in [0.15, 0.2) is 29.7 Å². The van der Waals surface area contributed by atoms with Crippen molar-refractivity contribution in [2.24, 2.45) is 7.05 Å². The van der Waals surface area contributed by atoms with Crippen LogP contribution in [0.1, 0.15) is 5.56 Å². The molecule has 0 amide bonds. The molecule has 0 aliphatic rings. The Morgan fingerprint density at radius 1 is 1.79 bits per heavy atom. The Labute approximate surface area is 82.1 Å². The van der Waals surface area contributed by atoms with Crippen LogP contribution in [0.2, 0.25) is 0 Å². The van der Waals surface area contributed by atoms with Gasteiger partial charge in [0.2, 0.25) is 0 Å². The number of anilines is 1. The molecule has 0 aliphatic heterocycles. The maximum Gasteiger partial charge on any atom is 0.270 e. The molecule has 14 heavy (non-hydrogen) atoms. The van der Waals surface area contributed by atoms with E-state index in [0.717, 1.165) is 0 Å². The number of pyridine rings is 1. The molecule has 0 spiro atoms. The molecule has 0 saturated heterocycles. The molecule has 0 atom stereocenters. The SMILES string of the molecule is C=CCNc1ccn(C)c(=O)c1C#N. The quantitative estimate of drug-likeness (QED) is 0.717. The van der Waals surface area contributed by atoms with E-state index in [1.807, 2.05) is 6.07 Å². The minimum absolute atomic E-state index is 0.136. The molecule has 0 saturated carbocycles. The molecule has 0 fully saturated rings. The predicted molar refractivity (Wildman–Crippen MR) is 55.1 cm³/mol. The van der Waals surface area contributed by atoms with Gasteiger partial charge in [0.25, 0.3) is 5.56 Å². The fourth-order valence-corrected chi connectivity index (χ4v) is 1.07. The second-order valence-electron chi connectivity index (χ2n) is 2.80. The molecule has 0 bridgehead atoms. The van der Waals surface area contributed by atoms with Gasteiger partial charge < -0.3 is 9.88 Å². The van der Waals surface area contributed by atoms with Crippen LogP contribution in [0.3, 0.4) is 0 Å². The van der Waals surface area contributed by atoms with Gasteiger partial charge in [-0.3, -0.25) is 4.79 Å². The van der Waals surface area contributed by atoms with E-state index in [2.05, 4.69) is 11.9 Å². The van der Waals surface area contributed by atoms with Crippen LogP contribution in [0.5, 0.6) is 0 Å². The van der Waals surface area contributed by atoms with Crippen molar-refractivity contribution in [1.82, 2.24) is 4.57 Å². The summed E-state index contributed by atoms with van der Waals surface area (Å²) in [5.74, 6) is 0. The van der Waals surface area contributed by atoms with E-state index in [1.165, 1.54) is 4.57 Å². The molecule has 0 radical (unpaired) electrons. The number of hydrogen-bond donors (Lipinski definition) is 1. The summed E-state index contributed by atoms with van der Waals surface area (Å²) in [6, 6.07) is 3.58. The summed E-state index contributed by atoms with van der Waals surface area (Å²) in [5.41, 5.74) is 0.397. The third kappa shape index (κ3) is 1.83. The van der Waals surface area contributed by atoms with Crippen molar-refractivity contribution in [1.29, 1.82) is 5.26 Å². The zero-order valence-electron chi connectivity index (χ0n) is 7.95. The minimum atomic E-state index is -0.290. The fourth-order valence-electron chi connectivity index (χ4n) is 1.07. The van der Waals surface area contributed by atoms with E-state index >= 15 is 0 Å². The van der Waals surface area contributed by atoms with Crippen molar-refractivity contribution in [3.8, 4) is 6.07 Å². The van der Waals surface area contributed by atoms with Crippen LogP contribution in [-0.4, -0.2) is 11.1 Å². The van der Waals surface area contributed by atoms with Crippen LogP contribution in [0.25, 0.3) is 0 Å². The van der Waals surface area contributed by atoms with Gasteiger partial charge in [-0.15, -0.1) is 6.58 Å². The molecule has 1 heterocycles. The zero-order chi connectivity index (χ0) is 10.6. The Kier molecular flexibility index (Phi) is 3.08. The predicted octanol–water partition coefficient (Wildman–Crippen LogP) is 0.855. The van der Waals surface area contributed by atoms with Crippen LogP contribution in [0.4, 0.5) is 5.69 Å². The van der Waals surface area contributed by atoms with E-state index in [-0.39, 0.29) is 11.1 Å². The molecule has 1 aromatic heterocycles. The highest BCUT2D eigenvalue weighted by atomic mass is 16.1. The molecule has 0 unspecified atom stereocenters. The van der Waals surface area contributed by atoms with Gasteiger partial charge in [0.1, 0.15) is 11.6 Å². The van der Waals surface area contributed by atoms with E-state index in [0.29, 0.717) is 12.2 Å². The molecule has 1 aromatic rings. The lowest BCUT2D eigenvalue weighted by atomic mass is 10.2. The molecule has 72 valence electrons. The Morgan fingerprint density at radius 2 is 2.50 bits per heavy atom. The molecule has 1 rings (SSSR count). The highest BCUT2D eigenvalue weighted by Gasteiger charge is 2.06. The average Bonchev–Trinajstić information content (AvgIpc) is 2.20. The first kappa shape index (κ1) is 10.1. The summed E-state index contributed by atoms with van der Waals surface area (Å²) in [6.45, 7) is 4.07. The van der Waals surface area contributed by atoms with E-state index in [4.69, 9.17) is 5.26 Å². The zero-order valence-corrected chi connectivity index (χ0v) is 7.95. The van der Waals surface area contributed by atoms with Crippen molar-refractivity contribution >= 4 is 5.69 Å². The summed E-state index contributed by atoms with van der Waals surface area (Å²) >= 11 is 0. The number of aromatic nitrogens is 1. The molecule has 4 heteroatoms. The lowest BCUT2D eigenvalue weighted by Gasteiger charge is -2.06. The number of nitrogens with zero attached hydrogens (tertiary/aromatic N) is 2. The van der Waals surface area contributed by atoms with Gasteiger partial charge in [0, 0.05) is 19.8 Å². The summed E-state index contributed by atoms with van der Waals surface area (Å²) in [6.07, 6.45) is 3.28. The first-order chi connectivity index (χ1) is 6.70. The summed E-state index contributed by atoms with van der Waals surface area (Å²) < 4.78 is 1.37. The Morgan fingerprint density at radius 3 is 3.07 bits per heavy atom. The molecule has 1 N–H and O–H groups in total. The van der Waals surface area contributed by atoms with Crippen LogP contribution in [-0.2, 0) is 7.05 Å². The van der Waals surface area contributed by atoms with Crippen molar-refractivity contribution in [2.75, 3.05) is 11.9 Å². The summed E-state index contributed by atoms with van der Waals surface area (Å²) in [4.78, 5) is 11.5. The van der Waals surface area contributed by atoms with E-state index < -0.39 is 0 Å². The van der Waals surface area contributed by atoms with Gasteiger partial charge in [0.15, 0.2) is 0 Å². The number of hydrogen-bond acceptors (Lipinski definition) is 3. The summed E-state index contributed by atoms with van der Waals surface area (Å²) in [7, 11) is 1.61. The maximum absolute atomic E-state index is 11.5. The van der Waals surface area contributed by atoms with Gasteiger partial charge in [-0.2, -0.15) is 5.26 Å². The minimum Gasteiger partial charge on any atom is -0.380 e. The Hall–Kier alpha value is -2.02. The second-order valence-corrected chi connectivity index (χ2v) is 2.80. The monoisotopic (exact) mass is 189 g/mol. The lowest BCUT2D eigenvalue weighted by Crippen LogP contribution is -2.20. The molecule has 4 nitrogen and oxygen atoms in total. The number of aryl methyl sites for hydroxylation is 1. The van der Waals surface area contributed by atoms with Gasteiger partial charge in [-0.05, 0) is 6.07 Å². The topological polar surface area (TPSA) is 57.8 Å². The third-order valence-electron chi connectivity index (χ3n) is 1.82. The largest absolute Gasteiger partial charge is 0.380 e. The highest BCUT2D eigenvalue weighted by molar-refractivity contribution is 5.56. The average molecular weight is 189 g/mol. The van der Waals surface area contributed by atoms with Gasteiger partial charge in [-0.1, -0.05) is 6.08 Å². The highest BCUT2D eigenvalue weighted by Crippen LogP contribution is 2.08. The fraction of sp³-hybridized carbons (Fsp3) is 0.200. The van der Waals surface area contributed by atoms with E-state index in [1.54, 1.807) is 25.4 Å². The van der Waals surface area contributed by atoms with Gasteiger partial charge in [0.05, 0.1) is 5.69 Å². The number of rotatable bonds is 3. The number of nitrogens with one attached hydrogen (secondary N) is 1. The van der Waals surface area contributed by atoms with Crippen LogP contribution >= 0.6 is 0 Å². The lowest BCUT2D eigenvalue weighted by molar-refractivity contribution is 0.856. The van der Waals surface area contributed by atoms with Gasteiger partial charge >= 0.3 is 0 Å². The van der Waals surface area contributed by atoms with Crippen molar-refractivity contribution in [3.63, 3.8) is 0 Å². The molecule has 0 aromatic carbocycles. The maximum atomic E-state index is 11.5. The van der Waals surface area contributed by atoms with Crippen molar-refractivity contribution in [3.05, 3.63) is 40.8 Å². The third-order valence-corrected chi connectivity index (χ3v) is 1.82. The molecular weight excluding hydrogens is 178 g/mol. The molecule has 0 aliphatic carbocycles. The first-order valence-corrected chi connectivity index (χ1v) is 4.15. The number of nitriles is 1. The van der Waals surface area contributed by atoms with Crippen molar-refractivity contribution < 1.29 is 0 Å². The van der Waals surface area contributed by atoms with Crippen molar-refractivity contribution in [2.45, 2.75) is 0 Å². The standard InChI is InChI=1S/C10H11N3O/c1-3-5-12-9-4-6-13(2)10(14)8(9)7-11/h3-4,6,12H,1,5H2,2H3.